The Morgan fingerprint density at radius 2 is 1.45 bits per heavy atom. The Kier molecular flexibility index (Phi) is 3.00. The third kappa shape index (κ3) is 4.30. The molecule has 0 heterocycles. The van der Waals surface area contributed by atoms with Crippen molar-refractivity contribution in [1.29, 1.82) is 0 Å². The minimum absolute atomic E-state index is 0.772. The SMILES string of the molecule is CN(C)S(=O)(=O)NS(C)(=O)=O. The smallest absolute Gasteiger partial charge is 0.212 e. The summed E-state index contributed by atoms with van der Waals surface area (Å²) in [5.41, 5.74) is 0. The lowest BCUT2D eigenvalue weighted by atomic mass is 11.3. The zero-order valence-electron chi connectivity index (χ0n) is 6.40. The van der Waals surface area contributed by atoms with E-state index in [9.17, 15) is 16.8 Å². The van der Waals surface area contributed by atoms with Crippen molar-refractivity contribution < 1.29 is 16.8 Å². The number of rotatable bonds is 3. The van der Waals surface area contributed by atoms with Crippen LogP contribution in [0.2, 0.25) is 0 Å². The number of nitrogens with one attached hydrogen (secondary N) is 1. The summed E-state index contributed by atoms with van der Waals surface area (Å²) >= 11 is 0. The van der Waals surface area contributed by atoms with E-state index in [-0.39, 0.29) is 0 Å². The fraction of sp³-hybridized carbons (Fsp3) is 1.00. The van der Waals surface area contributed by atoms with E-state index in [4.69, 9.17) is 0 Å². The van der Waals surface area contributed by atoms with Crippen molar-refractivity contribution in [2.24, 2.45) is 0 Å². The van der Waals surface area contributed by atoms with Crippen LogP contribution in [-0.2, 0) is 20.2 Å². The quantitative estimate of drug-likeness (QED) is 0.594. The fourth-order valence-corrected chi connectivity index (χ4v) is 2.39. The van der Waals surface area contributed by atoms with Crippen molar-refractivity contribution in [3.8, 4) is 0 Å². The van der Waals surface area contributed by atoms with Crippen LogP contribution in [0.1, 0.15) is 0 Å². The summed E-state index contributed by atoms with van der Waals surface area (Å²) in [6.07, 6.45) is 0.772. The van der Waals surface area contributed by atoms with Crippen molar-refractivity contribution in [3.05, 3.63) is 0 Å². The van der Waals surface area contributed by atoms with Gasteiger partial charge in [0.05, 0.1) is 6.26 Å². The van der Waals surface area contributed by atoms with E-state index in [1.807, 2.05) is 0 Å². The molecule has 0 aliphatic carbocycles. The first kappa shape index (κ1) is 10.8. The van der Waals surface area contributed by atoms with E-state index in [1.54, 1.807) is 0 Å². The van der Waals surface area contributed by atoms with Gasteiger partial charge >= 0.3 is 0 Å². The number of nitrogens with zero attached hydrogens (tertiary/aromatic N) is 1. The van der Waals surface area contributed by atoms with E-state index in [2.05, 4.69) is 0 Å². The zero-order chi connectivity index (χ0) is 9.28. The summed E-state index contributed by atoms with van der Waals surface area (Å²) in [6, 6.07) is 0. The third-order valence-corrected chi connectivity index (χ3v) is 3.75. The maximum absolute atomic E-state index is 10.8. The fourth-order valence-electron chi connectivity index (χ4n) is 0.266. The van der Waals surface area contributed by atoms with Gasteiger partial charge in [-0.25, -0.2) is 8.42 Å². The molecule has 0 aromatic carbocycles. The average Bonchev–Trinajstić information content (AvgIpc) is 1.56. The molecule has 0 unspecified atom stereocenters. The zero-order valence-corrected chi connectivity index (χ0v) is 8.03. The van der Waals surface area contributed by atoms with Gasteiger partial charge in [-0.15, -0.1) is 0 Å². The van der Waals surface area contributed by atoms with Crippen LogP contribution < -0.4 is 4.13 Å². The van der Waals surface area contributed by atoms with Gasteiger partial charge in [-0.3, -0.25) is 0 Å². The Morgan fingerprint density at radius 1 is 1.09 bits per heavy atom. The summed E-state index contributed by atoms with van der Waals surface area (Å²) < 4.78 is 44.7. The van der Waals surface area contributed by atoms with E-state index in [0.717, 1.165) is 10.6 Å². The standard InChI is InChI=1S/C3H10N2O4S2/c1-5(2)11(8,9)4-10(3,6)7/h4H,1-3H3. The number of sulfonamides is 1. The molecule has 0 saturated heterocycles. The molecule has 0 spiro atoms. The van der Waals surface area contributed by atoms with Crippen molar-refractivity contribution in [2.45, 2.75) is 0 Å². The van der Waals surface area contributed by atoms with Crippen LogP contribution in [0.3, 0.4) is 0 Å². The van der Waals surface area contributed by atoms with E-state index < -0.39 is 20.2 Å². The normalized spacial score (nSPS) is 13.8. The molecule has 0 aliphatic heterocycles. The molecule has 0 radical (unpaired) electrons. The summed E-state index contributed by atoms with van der Waals surface area (Å²) in [5, 5.41) is 0. The molecule has 0 bridgehead atoms. The molecule has 1 N–H and O–H groups in total. The van der Waals surface area contributed by atoms with Gasteiger partial charge in [0, 0.05) is 14.1 Å². The molecule has 68 valence electrons. The first-order valence-electron chi connectivity index (χ1n) is 2.56. The molecule has 0 aromatic rings. The summed E-state index contributed by atoms with van der Waals surface area (Å²) in [7, 11) is -5.11. The van der Waals surface area contributed by atoms with Crippen LogP contribution in [0, 0.1) is 0 Å². The average molecular weight is 202 g/mol. The van der Waals surface area contributed by atoms with Gasteiger partial charge in [0.1, 0.15) is 0 Å². The molecule has 6 nitrogen and oxygen atoms in total. The highest BCUT2D eigenvalue weighted by atomic mass is 32.3. The molecule has 0 aliphatic rings. The van der Waals surface area contributed by atoms with Gasteiger partial charge in [0.2, 0.25) is 10.0 Å². The summed E-state index contributed by atoms with van der Waals surface area (Å²) in [6.45, 7) is 0. The number of hydrogen-bond donors (Lipinski definition) is 1. The van der Waals surface area contributed by atoms with Gasteiger partial charge in [0.25, 0.3) is 10.2 Å². The second kappa shape index (κ2) is 3.05. The molecule has 0 fully saturated rings. The molecule has 0 atom stereocenters. The maximum atomic E-state index is 10.8. The predicted molar refractivity (Wildman–Crippen MR) is 40.6 cm³/mol. The predicted octanol–water partition coefficient (Wildman–Crippen LogP) is -1.66. The minimum Gasteiger partial charge on any atom is -0.212 e. The van der Waals surface area contributed by atoms with Gasteiger partial charge in [-0.05, 0) is 0 Å². The molecule has 11 heavy (non-hydrogen) atoms. The van der Waals surface area contributed by atoms with Gasteiger partial charge in [-0.1, -0.05) is 4.13 Å². The lowest BCUT2D eigenvalue weighted by Gasteiger charge is -2.09. The minimum atomic E-state index is -3.86. The molecular weight excluding hydrogens is 192 g/mol. The van der Waals surface area contributed by atoms with Crippen molar-refractivity contribution in [1.82, 2.24) is 8.43 Å². The van der Waals surface area contributed by atoms with Crippen LogP contribution in [0.4, 0.5) is 0 Å². The molecular formula is C3H10N2O4S2. The molecule has 0 amide bonds. The van der Waals surface area contributed by atoms with Crippen LogP contribution in [0.5, 0.6) is 0 Å². The van der Waals surface area contributed by atoms with E-state index >= 15 is 0 Å². The topological polar surface area (TPSA) is 83.6 Å². The van der Waals surface area contributed by atoms with E-state index in [1.165, 1.54) is 18.2 Å². The van der Waals surface area contributed by atoms with Crippen LogP contribution in [0.15, 0.2) is 0 Å². The maximum Gasteiger partial charge on any atom is 0.292 e. The van der Waals surface area contributed by atoms with Crippen molar-refractivity contribution >= 4 is 20.2 Å². The number of hydrogen-bond acceptors (Lipinski definition) is 4. The highest BCUT2D eigenvalue weighted by Crippen LogP contribution is 1.89. The first-order valence-corrected chi connectivity index (χ1v) is 5.89. The second-order valence-corrected chi connectivity index (χ2v) is 6.03. The van der Waals surface area contributed by atoms with Crippen LogP contribution >= 0.6 is 0 Å². The van der Waals surface area contributed by atoms with Gasteiger partial charge in [-0.2, -0.15) is 12.7 Å². The van der Waals surface area contributed by atoms with Crippen LogP contribution in [-0.4, -0.2) is 41.5 Å². The van der Waals surface area contributed by atoms with Gasteiger partial charge < -0.3 is 0 Å². The Morgan fingerprint density at radius 3 is 1.55 bits per heavy atom. The largest absolute Gasteiger partial charge is 0.292 e. The molecule has 0 saturated carbocycles. The Hall–Kier alpha value is -0.180. The summed E-state index contributed by atoms with van der Waals surface area (Å²) in [5.74, 6) is 0. The second-order valence-electron chi connectivity index (χ2n) is 2.14. The first-order chi connectivity index (χ1) is 4.65. The Labute approximate surface area is 66.4 Å². The van der Waals surface area contributed by atoms with Crippen molar-refractivity contribution in [2.75, 3.05) is 20.4 Å². The highest BCUT2D eigenvalue weighted by molar-refractivity contribution is 8.03. The molecule has 0 aromatic heterocycles. The van der Waals surface area contributed by atoms with Gasteiger partial charge in [0.15, 0.2) is 0 Å². The molecule has 8 heteroatoms. The lowest BCUT2D eigenvalue weighted by Crippen LogP contribution is -2.38. The Bertz CT molecular complexity index is 313. The molecule has 0 rings (SSSR count). The highest BCUT2D eigenvalue weighted by Gasteiger charge is 2.17. The van der Waals surface area contributed by atoms with Crippen LogP contribution in [0.25, 0.3) is 0 Å². The van der Waals surface area contributed by atoms with E-state index in [0.29, 0.717) is 0 Å². The van der Waals surface area contributed by atoms with Crippen molar-refractivity contribution in [3.63, 3.8) is 0 Å². The monoisotopic (exact) mass is 202 g/mol. The Balaban J connectivity index is 4.68. The third-order valence-electron chi connectivity index (χ3n) is 0.737. The lowest BCUT2D eigenvalue weighted by molar-refractivity contribution is 0.514. The summed E-state index contributed by atoms with van der Waals surface area (Å²) in [4.78, 5) is 0.